The lowest BCUT2D eigenvalue weighted by Gasteiger charge is -2.21. The van der Waals surface area contributed by atoms with E-state index < -0.39 is 9.84 Å². The van der Waals surface area contributed by atoms with E-state index in [0.29, 0.717) is 18.9 Å². The lowest BCUT2D eigenvalue weighted by atomic mass is 9.99. The van der Waals surface area contributed by atoms with Gasteiger partial charge in [0.15, 0.2) is 5.96 Å². The van der Waals surface area contributed by atoms with Crippen LogP contribution in [0.15, 0.2) is 35.3 Å². The van der Waals surface area contributed by atoms with Crippen LogP contribution < -0.4 is 5.32 Å². The molecule has 1 unspecified atom stereocenters. The summed E-state index contributed by atoms with van der Waals surface area (Å²) in [6.07, 6.45) is 4.12. The van der Waals surface area contributed by atoms with Crippen molar-refractivity contribution in [3.05, 3.63) is 35.9 Å². The second kappa shape index (κ2) is 11.0. The van der Waals surface area contributed by atoms with Crippen LogP contribution in [0, 0.1) is 5.92 Å². The number of hydrogen-bond acceptors (Lipinski definition) is 3. The van der Waals surface area contributed by atoms with Gasteiger partial charge in [-0.2, -0.15) is 0 Å². The quantitative estimate of drug-likeness (QED) is 0.283. The Morgan fingerprint density at radius 1 is 1.32 bits per heavy atom. The molecule has 1 aliphatic heterocycles. The number of rotatable bonds is 7. The summed E-state index contributed by atoms with van der Waals surface area (Å²) in [5.74, 6) is 1.76. The van der Waals surface area contributed by atoms with Crippen LogP contribution >= 0.6 is 24.0 Å². The number of aliphatic imine (C=N–C) groups is 1. The fourth-order valence-corrected chi connectivity index (χ4v) is 3.73. The van der Waals surface area contributed by atoms with Crippen LogP contribution in [0.3, 0.4) is 0 Å². The highest BCUT2D eigenvalue weighted by Gasteiger charge is 2.24. The van der Waals surface area contributed by atoms with Crippen molar-refractivity contribution in [2.75, 3.05) is 38.2 Å². The van der Waals surface area contributed by atoms with Gasteiger partial charge in [-0.3, -0.25) is 4.99 Å². The van der Waals surface area contributed by atoms with E-state index in [2.05, 4.69) is 52.5 Å². The third-order valence-electron chi connectivity index (χ3n) is 4.22. The van der Waals surface area contributed by atoms with E-state index in [4.69, 9.17) is 0 Å². The first-order valence-corrected chi connectivity index (χ1v) is 10.8. The van der Waals surface area contributed by atoms with E-state index in [9.17, 15) is 8.42 Å². The molecule has 1 aliphatic rings. The van der Waals surface area contributed by atoms with Crippen molar-refractivity contribution >= 4 is 39.8 Å². The molecule has 0 saturated carbocycles. The van der Waals surface area contributed by atoms with Crippen LogP contribution in [0.5, 0.6) is 0 Å². The molecule has 0 bridgehead atoms. The predicted molar refractivity (Wildman–Crippen MR) is 116 cm³/mol. The van der Waals surface area contributed by atoms with Crippen molar-refractivity contribution in [3.63, 3.8) is 0 Å². The van der Waals surface area contributed by atoms with Gasteiger partial charge in [0.05, 0.1) is 5.75 Å². The number of likely N-dealkylation sites (tertiary alicyclic amines) is 1. The topological polar surface area (TPSA) is 61.8 Å². The molecule has 1 saturated heterocycles. The van der Waals surface area contributed by atoms with E-state index in [1.165, 1.54) is 18.2 Å². The molecule has 5 nitrogen and oxygen atoms in total. The summed E-state index contributed by atoms with van der Waals surface area (Å²) in [6.45, 7) is 5.45. The summed E-state index contributed by atoms with van der Waals surface area (Å²) >= 11 is 0. The van der Waals surface area contributed by atoms with Crippen molar-refractivity contribution in [3.8, 4) is 0 Å². The zero-order valence-corrected chi connectivity index (χ0v) is 18.3. The highest BCUT2D eigenvalue weighted by Crippen LogP contribution is 2.20. The number of sulfone groups is 1. The Morgan fingerprint density at radius 3 is 2.68 bits per heavy atom. The van der Waals surface area contributed by atoms with E-state index in [-0.39, 0.29) is 29.7 Å². The molecular formula is C18H30IN3O2S. The summed E-state index contributed by atoms with van der Waals surface area (Å²) in [5.41, 5.74) is 1.39. The van der Waals surface area contributed by atoms with Gasteiger partial charge in [-0.1, -0.05) is 30.3 Å². The Balaban J connectivity index is 0.00000312. The summed E-state index contributed by atoms with van der Waals surface area (Å²) in [4.78, 5) is 6.91. The molecule has 1 aromatic rings. The lowest BCUT2D eigenvalue weighted by Crippen LogP contribution is -2.40. The van der Waals surface area contributed by atoms with Gasteiger partial charge in [-0.25, -0.2) is 8.42 Å². The minimum Gasteiger partial charge on any atom is -0.357 e. The largest absolute Gasteiger partial charge is 0.357 e. The Morgan fingerprint density at radius 2 is 2.04 bits per heavy atom. The molecule has 25 heavy (non-hydrogen) atoms. The average molecular weight is 479 g/mol. The molecule has 2 rings (SSSR count). The number of benzene rings is 1. The third kappa shape index (κ3) is 8.40. The van der Waals surface area contributed by atoms with Crippen LogP contribution in [0.2, 0.25) is 0 Å². The minimum absolute atomic E-state index is 0. The molecule has 1 aromatic carbocycles. The van der Waals surface area contributed by atoms with Gasteiger partial charge in [0, 0.05) is 32.4 Å². The first-order valence-electron chi connectivity index (χ1n) is 8.73. The number of guanidine groups is 1. The van der Waals surface area contributed by atoms with Crippen LogP contribution in [-0.2, 0) is 16.3 Å². The Hall–Kier alpha value is -0.830. The maximum absolute atomic E-state index is 11.2. The molecule has 1 N–H and O–H groups in total. The van der Waals surface area contributed by atoms with Gasteiger partial charge in [0.1, 0.15) is 9.84 Å². The molecule has 0 spiro atoms. The molecule has 7 heteroatoms. The molecule has 1 fully saturated rings. The molecular weight excluding hydrogens is 449 g/mol. The maximum Gasteiger partial charge on any atom is 0.193 e. The molecule has 1 heterocycles. The minimum atomic E-state index is -2.90. The molecule has 0 radical (unpaired) electrons. The van der Waals surface area contributed by atoms with Crippen molar-refractivity contribution in [1.82, 2.24) is 10.2 Å². The smallest absolute Gasteiger partial charge is 0.193 e. The monoisotopic (exact) mass is 479 g/mol. The number of nitrogens with one attached hydrogen (secondary N) is 1. The van der Waals surface area contributed by atoms with Crippen molar-refractivity contribution in [2.24, 2.45) is 10.9 Å². The fraction of sp³-hybridized carbons (Fsp3) is 0.611. The van der Waals surface area contributed by atoms with Gasteiger partial charge in [0.25, 0.3) is 0 Å². The van der Waals surface area contributed by atoms with Crippen LogP contribution in [0.1, 0.15) is 25.3 Å². The Bertz CT molecular complexity index is 635. The van der Waals surface area contributed by atoms with Crippen molar-refractivity contribution in [1.29, 1.82) is 0 Å². The zero-order valence-electron chi connectivity index (χ0n) is 15.1. The zero-order chi connectivity index (χ0) is 17.4. The standard InChI is InChI=1S/C18H29N3O2S.HI/c1-3-19-18(20-11-7-13-24(2,22)23)21-12-10-17(15-21)14-16-8-5-4-6-9-16;/h4-6,8-9,17H,3,7,10-15H2,1-2H3,(H,19,20);1H. The van der Waals surface area contributed by atoms with E-state index in [0.717, 1.165) is 32.0 Å². The number of nitrogens with zero attached hydrogens (tertiary/aromatic N) is 2. The van der Waals surface area contributed by atoms with E-state index in [1.807, 2.05) is 0 Å². The van der Waals surface area contributed by atoms with Gasteiger partial charge in [-0.15, -0.1) is 24.0 Å². The summed E-state index contributed by atoms with van der Waals surface area (Å²) in [7, 11) is -2.90. The van der Waals surface area contributed by atoms with Crippen LogP contribution in [0.4, 0.5) is 0 Å². The number of halogens is 1. The summed E-state index contributed by atoms with van der Waals surface area (Å²) in [6, 6.07) is 10.6. The van der Waals surface area contributed by atoms with E-state index in [1.54, 1.807) is 0 Å². The third-order valence-corrected chi connectivity index (χ3v) is 5.25. The van der Waals surface area contributed by atoms with Gasteiger partial charge in [-0.05, 0) is 37.7 Å². The predicted octanol–water partition coefficient (Wildman–Crippen LogP) is 2.57. The van der Waals surface area contributed by atoms with E-state index >= 15 is 0 Å². The first kappa shape index (κ1) is 22.2. The molecule has 0 aromatic heterocycles. The Labute approximate surface area is 169 Å². The Kier molecular flexibility index (Phi) is 9.78. The van der Waals surface area contributed by atoms with Crippen molar-refractivity contribution in [2.45, 2.75) is 26.2 Å². The highest BCUT2D eigenvalue weighted by molar-refractivity contribution is 14.0. The lowest BCUT2D eigenvalue weighted by molar-refractivity contribution is 0.460. The van der Waals surface area contributed by atoms with Gasteiger partial charge >= 0.3 is 0 Å². The number of hydrogen-bond donors (Lipinski definition) is 1. The molecule has 1 atom stereocenters. The molecule has 0 aliphatic carbocycles. The van der Waals surface area contributed by atoms with Crippen molar-refractivity contribution < 1.29 is 8.42 Å². The second-order valence-electron chi connectivity index (χ2n) is 6.51. The fourth-order valence-electron chi connectivity index (χ4n) is 3.08. The highest BCUT2D eigenvalue weighted by atomic mass is 127. The second-order valence-corrected chi connectivity index (χ2v) is 8.77. The summed E-state index contributed by atoms with van der Waals surface area (Å²) < 4.78 is 22.4. The normalized spacial score (nSPS) is 18.1. The van der Waals surface area contributed by atoms with Gasteiger partial charge < -0.3 is 10.2 Å². The van der Waals surface area contributed by atoms with Crippen LogP contribution in [0.25, 0.3) is 0 Å². The first-order chi connectivity index (χ1) is 11.5. The molecule has 0 amide bonds. The molecule has 142 valence electrons. The SMILES string of the molecule is CCNC(=NCCCS(C)(=O)=O)N1CCC(Cc2ccccc2)C1.I. The van der Waals surface area contributed by atoms with Crippen LogP contribution in [-0.4, -0.2) is 57.5 Å². The maximum atomic E-state index is 11.2. The summed E-state index contributed by atoms with van der Waals surface area (Å²) in [5, 5.41) is 3.33. The van der Waals surface area contributed by atoms with Gasteiger partial charge in [0.2, 0.25) is 0 Å². The average Bonchev–Trinajstić information content (AvgIpc) is 2.99.